The summed E-state index contributed by atoms with van der Waals surface area (Å²) in [5, 5.41) is 9.77. The molecule has 0 radical (unpaired) electrons. The van der Waals surface area contributed by atoms with E-state index in [9.17, 15) is 4.79 Å². The van der Waals surface area contributed by atoms with E-state index in [1.807, 2.05) is 49.5 Å². The summed E-state index contributed by atoms with van der Waals surface area (Å²) in [6.07, 6.45) is 2.91. The van der Waals surface area contributed by atoms with E-state index in [0.717, 1.165) is 78.6 Å². The van der Waals surface area contributed by atoms with Crippen LogP contribution in [0.4, 0.5) is 11.5 Å². The number of para-hydroxylation sites is 1. The molecule has 1 unspecified atom stereocenters. The molecule has 0 saturated carbocycles. The van der Waals surface area contributed by atoms with Crippen LogP contribution in [0, 0.1) is 0 Å². The van der Waals surface area contributed by atoms with Crippen LogP contribution in [0.3, 0.4) is 0 Å². The third kappa shape index (κ3) is 4.60. The zero-order valence-corrected chi connectivity index (χ0v) is 19.0. The molecule has 5 rings (SSSR count). The molecule has 1 aromatic heterocycles. The molecule has 7 heteroatoms. The number of likely N-dealkylation sites (tertiary alicyclic amines) is 1. The molecule has 2 aromatic carbocycles. The van der Waals surface area contributed by atoms with E-state index in [4.69, 9.17) is 9.97 Å². The summed E-state index contributed by atoms with van der Waals surface area (Å²) < 4.78 is 0. The fraction of sp³-hybridized carbons (Fsp3) is 0.346. The zero-order valence-electron chi connectivity index (χ0n) is 19.0. The number of amides is 1. The number of rotatable bonds is 6. The second-order valence-electron chi connectivity index (χ2n) is 8.62. The minimum Gasteiger partial charge on any atom is -0.373 e. The molecule has 2 aliphatic heterocycles. The van der Waals surface area contributed by atoms with Gasteiger partial charge in [-0.15, -0.1) is 0 Å². The van der Waals surface area contributed by atoms with E-state index in [2.05, 4.69) is 33.0 Å². The summed E-state index contributed by atoms with van der Waals surface area (Å²) in [6.45, 7) is 2.92. The highest BCUT2D eigenvalue weighted by atomic mass is 16.2. The van der Waals surface area contributed by atoms with Gasteiger partial charge < -0.3 is 16.0 Å². The standard InChI is InChI=1S/C26H30N6O/c1-27-25-20-16-28-14-13-22(20)30-26(31-25)23-12-7-15-32(23)17-24(33)29-21-11-6-5-10-19(21)18-8-3-2-4-9-18/h2-6,8-11,23,28H,7,12-17H2,1H3,(H,29,33)(H,27,30,31). The number of nitrogens with zero attached hydrogens (tertiary/aromatic N) is 3. The van der Waals surface area contributed by atoms with Gasteiger partial charge in [0.05, 0.1) is 18.3 Å². The van der Waals surface area contributed by atoms with E-state index in [0.29, 0.717) is 6.54 Å². The van der Waals surface area contributed by atoms with Crippen LogP contribution in [0.5, 0.6) is 0 Å². The number of hydrogen-bond donors (Lipinski definition) is 3. The van der Waals surface area contributed by atoms with Crippen LogP contribution < -0.4 is 16.0 Å². The number of carbonyl (C=O) groups is 1. The smallest absolute Gasteiger partial charge is 0.238 e. The van der Waals surface area contributed by atoms with Crippen LogP contribution in [0.2, 0.25) is 0 Å². The van der Waals surface area contributed by atoms with Gasteiger partial charge >= 0.3 is 0 Å². The Labute approximate surface area is 194 Å². The Kier molecular flexibility index (Phi) is 6.32. The SMILES string of the molecule is CNc1nc(C2CCCN2CC(=O)Nc2ccccc2-c2ccccc2)nc2c1CNCC2. The topological polar surface area (TPSA) is 82.2 Å². The van der Waals surface area contributed by atoms with Crippen molar-refractivity contribution in [1.29, 1.82) is 0 Å². The Morgan fingerprint density at radius 3 is 2.79 bits per heavy atom. The fourth-order valence-corrected chi connectivity index (χ4v) is 4.86. The first-order valence-electron chi connectivity index (χ1n) is 11.7. The number of aromatic nitrogens is 2. The van der Waals surface area contributed by atoms with Gasteiger partial charge in [-0.1, -0.05) is 48.5 Å². The number of anilines is 2. The molecule has 33 heavy (non-hydrogen) atoms. The molecule has 7 nitrogen and oxygen atoms in total. The minimum atomic E-state index is -0.0127. The van der Waals surface area contributed by atoms with Crippen LogP contribution in [0.15, 0.2) is 54.6 Å². The maximum atomic E-state index is 13.1. The van der Waals surface area contributed by atoms with E-state index >= 15 is 0 Å². The lowest BCUT2D eigenvalue weighted by Crippen LogP contribution is -2.34. The lowest BCUT2D eigenvalue weighted by atomic mass is 10.0. The first kappa shape index (κ1) is 21.6. The van der Waals surface area contributed by atoms with Crippen molar-refractivity contribution >= 4 is 17.4 Å². The monoisotopic (exact) mass is 442 g/mol. The molecular formula is C26H30N6O. The average Bonchev–Trinajstić information content (AvgIpc) is 3.32. The predicted molar refractivity (Wildman–Crippen MR) is 131 cm³/mol. The maximum absolute atomic E-state index is 13.1. The summed E-state index contributed by atoms with van der Waals surface area (Å²) >= 11 is 0. The van der Waals surface area contributed by atoms with Crippen molar-refractivity contribution in [1.82, 2.24) is 20.2 Å². The molecule has 170 valence electrons. The molecular weight excluding hydrogens is 412 g/mol. The predicted octanol–water partition coefficient (Wildman–Crippen LogP) is 3.61. The quantitative estimate of drug-likeness (QED) is 0.541. The van der Waals surface area contributed by atoms with E-state index in [-0.39, 0.29) is 11.9 Å². The second kappa shape index (κ2) is 9.68. The first-order valence-corrected chi connectivity index (χ1v) is 11.7. The Hall–Kier alpha value is -3.29. The Bertz CT molecular complexity index is 1120. The average molecular weight is 443 g/mol. The van der Waals surface area contributed by atoms with Gasteiger partial charge in [-0.2, -0.15) is 0 Å². The Morgan fingerprint density at radius 2 is 1.94 bits per heavy atom. The number of benzene rings is 2. The van der Waals surface area contributed by atoms with Crippen molar-refractivity contribution in [2.45, 2.75) is 31.8 Å². The molecule has 3 aromatic rings. The molecule has 1 fully saturated rings. The van der Waals surface area contributed by atoms with Crippen molar-refractivity contribution in [3.05, 3.63) is 71.7 Å². The van der Waals surface area contributed by atoms with E-state index in [1.165, 1.54) is 0 Å². The molecule has 3 heterocycles. The van der Waals surface area contributed by atoms with Crippen molar-refractivity contribution in [2.75, 3.05) is 37.3 Å². The lowest BCUT2D eigenvalue weighted by Gasteiger charge is -2.26. The molecule has 0 aliphatic carbocycles. The molecule has 1 atom stereocenters. The van der Waals surface area contributed by atoms with Crippen LogP contribution >= 0.6 is 0 Å². The van der Waals surface area contributed by atoms with Crippen LogP contribution in [-0.4, -0.2) is 47.5 Å². The molecule has 2 aliphatic rings. The first-order chi connectivity index (χ1) is 16.2. The summed E-state index contributed by atoms with van der Waals surface area (Å²) in [4.78, 5) is 25.1. The highest BCUT2D eigenvalue weighted by Gasteiger charge is 2.31. The zero-order chi connectivity index (χ0) is 22.6. The van der Waals surface area contributed by atoms with Crippen molar-refractivity contribution in [3.8, 4) is 11.1 Å². The fourth-order valence-electron chi connectivity index (χ4n) is 4.86. The van der Waals surface area contributed by atoms with Gasteiger partial charge in [0.1, 0.15) is 11.6 Å². The van der Waals surface area contributed by atoms with Gasteiger partial charge in [-0.25, -0.2) is 9.97 Å². The van der Waals surface area contributed by atoms with Gasteiger partial charge in [0.25, 0.3) is 0 Å². The third-order valence-corrected chi connectivity index (χ3v) is 6.48. The molecule has 0 bridgehead atoms. The van der Waals surface area contributed by atoms with Gasteiger partial charge in [-0.05, 0) is 31.0 Å². The van der Waals surface area contributed by atoms with Gasteiger partial charge in [0.15, 0.2) is 0 Å². The number of fused-ring (bicyclic) bond motifs is 1. The van der Waals surface area contributed by atoms with Gasteiger partial charge in [0, 0.05) is 43.4 Å². The Balaban J connectivity index is 1.33. The molecule has 0 spiro atoms. The highest BCUT2D eigenvalue weighted by molar-refractivity contribution is 5.96. The number of carbonyl (C=O) groups excluding carboxylic acids is 1. The summed E-state index contributed by atoms with van der Waals surface area (Å²) in [7, 11) is 1.91. The summed E-state index contributed by atoms with van der Waals surface area (Å²) in [6, 6.07) is 18.2. The molecule has 1 amide bonds. The largest absolute Gasteiger partial charge is 0.373 e. The second-order valence-corrected chi connectivity index (χ2v) is 8.62. The summed E-state index contributed by atoms with van der Waals surface area (Å²) in [5.74, 6) is 1.71. The lowest BCUT2D eigenvalue weighted by molar-refractivity contribution is -0.117. The van der Waals surface area contributed by atoms with Crippen LogP contribution in [0.25, 0.3) is 11.1 Å². The van der Waals surface area contributed by atoms with E-state index < -0.39 is 0 Å². The molecule has 3 N–H and O–H groups in total. The van der Waals surface area contributed by atoms with Gasteiger partial charge in [0.2, 0.25) is 5.91 Å². The van der Waals surface area contributed by atoms with Crippen molar-refractivity contribution in [3.63, 3.8) is 0 Å². The van der Waals surface area contributed by atoms with E-state index in [1.54, 1.807) is 0 Å². The van der Waals surface area contributed by atoms with Gasteiger partial charge in [-0.3, -0.25) is 9.69 Å². The van der Waals surface area contributed by atoms with Crippen molar-refractivity contribution < 1.29 is 4.79 Å². The van der Waals surface area contributed by atoms with Crippen molar-refractivity contribution in [2.24, 2.45) is 0 Å². The number of nitrogens with one attached hydrogen (secondary N) is 3. The maximum Gasteiger partial charge on any atom is 0.238 e. The minimum absolute atomic E-state index is 0.0127. The normalized spacial score (nSPS) is 18.0. The molecule has 1 saturated heterocycles. The third-order valence-electron chi connectivity index (χ3n) is 6.48. The van der Waals surface area contributed by atoms with Crippen LogP contribution in [0.1, 0.15) is 36.0 Å². The number of hydrogen-bond acceptors (Lipinski definition) is 6. The van der Waals surface area contributed by atoms with Crippen LogP contribution in [-0.2, 0) is 17.8 Å². The summed E-state index contributed by atoms with van der Waals surface area (Å²) in [5.41, 5.74) is 5.22. The highest BCUT2D eigenvalue weighted by Crippen LogP contribution is 2.32. The Morgan fingerprint density at radius 1 is 1.12 bits per heavy atom.